The molecule has 0 aliphatic carbocycles. The molecule has 3 aromatic rings. The molecule has 0 saturated heterocycles. The normalized spacial score (nSPS) is 12.5. The smallest absolute Gasteiger partial charge is 0.227 e. The first-order valence-corrected chi connectivity index (χ1v) is 7.71. The van der Waals surface area contributed by atoms with Gasteiger partial charge in [0.1, 0.15) is 11.6 Å². The van der Waals surface area contributed by atoms with Gasteiger partial charge in [0.25, 0.3) is 0 Å². The Bertz CT molecular complexity index is 893. The molecule has 1 aromatic carbocycles. The molecule has 7 heteroatoms. The van der Waals surface area contributed by atoms with E-state index in [0.717, 1.165) is 22.5 Å². The molecule has 2 aromatic heterocycles. The van der Waals surface area contributed by atoms with Crippen LogP contribution in [-0.2, 0) is 11.8 Å². The number of imidazole rings is 1. The van der Waals surface area contributed by atoms with Crippen LogP contribution in [0, 0.1) is 19.7 Å². The van der Waals surface area contributed by atoms with Crippen LogP contribution < -0.4 is 5.32 Å². The van der Waals surface area contributed by atoms with Crippen molar-refractivity contribution < 1.29 is 13.7 Å². The summed E-state index contributed by atoms with van der Waals surface area (Å²) in [5, 5.41) is 6.71. The second kappa shape index (κ2) is 6.07. The van der Waals surface area contributed by atoms with Gasteiger partial charge in [0.05, 0.1) is 16.7 Å². The average molecular weight is 330 g/mol. The van der Waals surface area contributed by atoms with Crippen LogP contribution in [0.15, 0.2) is 22.7 Å². The molecule has 6 nitrogen and oxygen atoms in total. The number of fused-ring (bicyclic) bond motifs is 1. The lowest BCUT2D eigenvalue weighted by Crippen LogP contribution is -2.17. The van der Waals surface area contributed by atoms with Crippen LogP contribution in [0.2, 0.25) is 0 Å². The number of aryl methyl sites for hydroxylation is 3. The van der Waals surface area contributed by atoms with Gasteiger partial charge in [-0.1, -0.05) is 12.1 Å². The van der Waals surface area contributed by atoms with E-state index < -0.39 is 0 Å². The number of carbonyl (C=O) groups is 1. The van der Waals surface area contributed by atoms with Gasteiger partial charge in [0.2, 0.25) is 11.9 Å². The SMILES string of the molecule is Cc1noc(C)c1[C@H](C)CC(=O)Nc1nc2cc(F)ccc2n1C. The lowest BCUT2D eigenvalue weighted by atomic mass is 9.96. The quantitative estimate of drug-likeness (QED) is 0.795. The standard InChI is InChI=1S/C17H19FN4O2/c1-9(16-10(2)21-24-11(16)3)7-15(23)20-17-19-13-8-12(18)5-6-14(13)22(17)4/h5-6,8-9H,7H2,1-4H3,(H,19,20,23)/t9-/m1/s1. The zero-order valence-corrected chi connectivity index (χ0v) is 14.1. The first-order valence-electron chi connectivity index (χ1n) is 7.71. The summed E-state index contributed by atoms with van der Waals surface area (Å²) in [7, 11) is 1.78. The summed E-state index contributed by atoms with van der Waals surface area (Å²) >= 11 is 0. The summed E-state index contributed by atoms with van der Waals surface area (Å²) in [5.74, 6) is 0.577. The summed E-state index contributed by atoms with van der Waals surface area (Å²) in [5.41, 5.74) is 3.01. The molecule has 0 spiro atoms. The minimum absolute atomic E-state index is 0.0246. The minimum Gasteiger partial charge on any atom is -0.361 e. The van der Waals surface area contributed by atoms with Crippen molar-refractivity contribution in [2.24, 2.45) is 7.05 Å². The van der Waals surface area contributed by atoms with E-state index >= 15 is 0 Å². The lowest BCUT2D eigenvalue weighted by molar-refractivity contribution is -0.116. The molecular formula is C17H19FN4O2. The van der Waals surface area contributed by atoms with Crippen molar-refractivity contribution in [1.29, 1.82) is 0 Å². The Hall–Kier alpha value is -2.70. The molecule has 3 rings (SSSR count). The van der Waals surface area contributed by atoms with Crippen LogP contribution in [0.25, 0.3) is 11.0 Å². The van der Waals surface area contributed by atoms with E-state index in [9.17, 15) is 9.18 Å². The summed E-state index contributed by atoms with van der Waals surface area (Å²) < 4.78 is 20.2. The molecule has 0 aliphatic heterocycles. The van der Waals surface area contributed by atoms with Crippen LogP contribution in [0.5, 0.6) is 0 Å². The molecule has 1 N–H and O–H groups in total. The number of benzene rings is 1. The van der Waals surface area contributed by atoms with E-state index in [4.69, 9.17) is 4.52 Å². The third kappa shape index (κ3) is 2.89. The fourth-order valence-electron chi connectivity index (χ4n) is 3.03. The summed E-state index contributed by atoms with van der Waals surface area (Å²) in [6.45, 7) is 5.65. The molecule has 0 bridgehead atoms. The highest BCUT2D eigenvalue weighted by Crippen LogP contribution is 2.26. The number of anilines is 1. The van der Waals surface area contributed by atoms with E-state index in [1.165, 1.54) is 12.1 Å². The van der Waals surface area contributed by atoms with Gasteiger partial charge in [-0.25, -0.2) is 9.37 Å². The van der Waals surface area contributed by atoms with Crippen LogP contribution in [0.1, 0.15) is 36.3 Å². The highest BCUT2D eigenvalue weighted by atomic mass is 19.1. The molecule has 1 atom stereocenters. The first-order chi connectivity index (χ1) is 11.4. The van der Waals surface area contributed by atoms with E-state index in [2.05, 4.69) is 15.5 Å². The Labute approximate surface area is 138 Å². The van der Waals surface area contributed by atoms with Gasteiger partial charge in [0.15, 0.2) is 0 Å². The summed E-state index contributed by atoms with van der Waals surface area (Å²) in [4.78, 5) is 16.6. The summed E-state index contributed by atoms with van der Waals surface area (Å²) in [6.07, 6.45) is 0.278. The number of nitrogens with zero attached hydrogens (tertiary/aromatic N) is 3. The molecule has 0 saturated carbocycles. The zero-order valence-electron chi connectivity index (χ0n) is 14.1. The van der Waals surface area contributed by atoms with Gasteiger partial charge in [-0.05, 0) is 31.9 Å². The fourth-order valence-corrected chi connectivity index (χ4v) is 3.03. The van der Waals surface area contributed by atoms with Crippen molar-refractivity contribution in [3.8, 4) is 0 Å². The van der Waals surface area contributed by atoms with E-state index in [1.54, 1.807) is 17.7 Å². The van der Waals surface area contributed by atoms with E-state index in [1.807, 2.05) is 20.8 Å². The van der Waals surface area contributed by atoms with Crippen molar-refractivity contribution >= 4 is 22.9 Å². The largest absolute Gasteiger partial charge is 0.361 e. The van der Waals surface area contributed by atoms with Gasteiger partial charge in [0, 0.05) is 25.1 Å². The van der Waals surface area contributed by atoms with Crippen LogP contribution in [0.4, 0.5) is 10.3 Å². The van der Waals surface area contributed by atoms with Gasteiger partial charge < -0.3 is 9.09 Å². The maximum absolute atomic E-state index is 13.3. The Morgan fingerprint density at radius 3 is 2.83 bits per heavy atom. The van der Waals surface area contributed by atoms with Gasteiger partial charge in [-0.15, -0.1) is 0 Å². The number of aromatic nitrogens is 3. The van der Waals surface area contributed by atoms with Crippen molar-refractivity contribution in [3.63, 3.8) is 0 Å². The number of amides is 1. The number of hydrogen-bond acceptors (Lipinski definition) is 4. The van der Waals surface area contributed by atoms with Gasteiger partial charge >= 0.3 is 0 Å². The molecule has 2 heterocycles. The average Bonchev–Trinajstić information content (AvgIpc) is 2.99. The molecule has 1 amide bonds. The van der Waals surface area contributed by atoms with Gasteiger partial charge in [-0.2, -0.15) is 0 Å². The first kappa shape index (κ1) is 16.2. The Kier molecular flexibility index (Phi) is 4.09. The minimum atomic E-state index is -0.356. The van der Waals surface area contributed by atoms with Crippen molar-refractivity contribution in [3.05, 3.63) is 41.0 Å². The summed E-state index contributed by atoms with van der Waals surface area (Å²) in [6, 6.07) is 4.35. The highest BCUT2D eigenvalue weighted by Gasteiger charge is 2.20. The monoisotopic (exact) mass is 330 g/mol. The Morgan fingerprint density at radius 1 is 1.42 bits per heavy atom. The molecule has 24 heavy (non-hydrogen) atoms. The van der Waals surface area contributed by atoms with Gasteiger partial charge in [-0.3, -0.25) is 10.1 Å². The topological polar surface area (TPSA) is 73.0 Å². The molecular weight excluding hydrogens is 311 g/mol. The number of nitrogens with one attached hydrogen (secondary N) is 1. The highest BCUT2D eigenvalue weighted by molar-refractivity contribution is 5.92. The molecule has 0 radical (unpaired) electrons. The molecule has 0 fully saturated rings. The number of carbonyl (C=O) groups excluding carboxylic acids is 1. The zero-order chi connectivity index (χ0) is 17.4. The van der Waals surface area contributed by atoms with Crippen LogP contribution >= 0.6 is 0 Å². The molecule has 0 unspecified atom stereocenters. The number of hydrogen-bond donors (Lipinski definition) is 1. The Morgan fingerprint density at radius 2 is 2.17 bits per heavy atom. The molecule has 126 valence electrons. The third-order valence-electron chi connectivity index (χ3n) is 4.17. The number of rotatable bonds is 4. The molecule has 0 aliphatic rings. The third-order valence-corrected chi connectivity index (χ3v) is 4.17. The van der Waals surface area contributed by atoms with Crippen LogP contribution in [-0.4, -0.2) is 20.6 Å². The maximum Gasteiger partial charge on any atom is 0.227 e. The van der Waals surface area contributed by atoms with E-state index in [0.29, 0.717) is 11.5 Å². The Balaban J connectivity index is 1.77. The lowest BCUT2D eigenvalue weighted by Gasteiger charge is -2.11. The van der Waals surface area contributed by atoms with Crippen molar-refractivity contribution in [1.82, 2.24) is 14.7 Å². The van der Waals surface area contributed by atoms with Crippen molar-refractivity contribution in [2.75, 3.05) is 5.32 Å². The predicted molar refractivity (Wildman–Crippen MR) is 88.3 cm³/mol. The fraction of sp³-hybridized carbons (Fsp3) is 0.353. The number of halogens is 1. The maximum atomic E-state index is 13.3. The van der Waals surface area contributed by atoms with Crippen LogP contribution in [0.3, 0.4) is 0 Å². The second-order valence-electron chi connectivity index (χ2n) is 6.02. The van der Waals surface area contributed by atoms with Crippen molar-refractivity contribution in [2.45, 2.75) is 33.1 Å². The predicted octanol–water partition coefficient (Wildman–Crippen LogP) is 3.45. The second-order valence-corrected chi connectivity index (χ2v) is 6.02. The van der Waals surface area contributed by atoms with E-state index in [-0.39, 0.29) is 24.1 Å².